The zero-order chi connectivity index (χ0) is 12.3. The fourth-order valence-corrected chi connectivity index (χ4v) is 2.91. The van der Waals surface area contributed by atoms with Crippen LogP contribution in [0.25, 0.3) is 0 Å². The molecule has 2 aromatic rings. The molecule has 90 valence electrons. The number of halogens is 1. The van der Waals surface area contributed by atoms with E-state index in [1.54, 1.807) is 23.5 Å². The number of phenolic OH excluding ortho intramolecular Hbond substituents is 2. The van der Waals surface area contributed by atoms with E-state index in [4.69, 9.17) is 0 Å². The second kappa shape index (κ2) is 5.53. The lowest BCUT2D eigenvalue weighted by molar-refractivity contribution is 0.398. The third-order valence-electron chi connectivity index (χ3n) is 2.33. The fourth-order valence-electron chi connectivity index (χ4n) is 1.49. The van der Waals surface area contributed by atoms with Crippen LogP contribution >= 0.6 is 27.3 Å². The molecule has 0 amide bonds. The molecule has 5 heteroatoms. The van der Waals surface area contributed by atoms with Gasteiger partial charge in [0, 0.05) is 33.4 Å². The second-order valence-electron chi connectivity index (χ2n) is 3.62. The highest BCUT2D eigenvalue weighted by molar-refractivity contribution is 9.10. The first-order valence-electron chi connectivity index (χ1n) is 5.10. The highest BCUT2D eigenvalue weighted by atomic mass is 79.9. The molecule has 0 saturated carbocycles. The zero-order valence-electron chi connectivity index (χ0n) is 8.98. The number of rotatable bonds is 4. The Balaban J connectivity index is 1.92. The summed E-state index contributed by atoms with van der Waals surface area (Å²) in [6.07, 6.45) is 0. The predicted molar refractivity (Wildman–Crippen MR) is 72.3 cm³/mol. The lowest BCUT2D eigenvalue weighted by Gasteiger charge is -2.06. The number of nitrogens with one attached hydrogen (secondary N) is 1. The van der Waals surface area contributed by atoms with Crippen LogP contribution in [0.4, 0.5) is 0 Å². The Morgan fingerprint density at radius 2 is 2.06 bits per heavy atom. The van der Waals surface area contributed by atoms with Crippen molar-refractivity contribution in [3.05, 3.63) is 44.6 Å². The minimum absolute atomic E-state index is 0.0487. The first kappa shape index (κ1) is 12.4. The monoisotopic (exact) mass is 313 g/mol. The van der Waals surface area contributed by atoms with E-state index in [2.05, 4.69) is 27.3 Å². The van der Waals surface area contributed by atoms with Crippen molar-refractivity contribution in [3.63, 3.8) is 0 Å². The normalized spacial score (nSPS) is 10.6. The smallest absolute Gasteiger partial charge is 0.161 e. The fraction of sp³-hybridized carbons (Fsp3) is 0.167. The van der Waals surface area contributed by atoms with Crippen molar-refractivity contribution in [2.24, 2.45) is 0 Å². The van der Waals surface area contributed by atoms with Crippen LogP contribution in [0.1, 0.15) is 10.4 Å². The summed E-state index contributed by atoms with van der Waals surface area (Å²) in [4.78, 5) is 1.22. The molecule has 0 spiro atoms. The molecule has 3 N–H and O–H groups in total. The topological polar surface area (TPSA) is 52.5 Å². The molecule has 0 aliphatic carbocycles. The molecular formula is C12H12BrNO2S. The van der Waals surface area contributed by atoms with E-state index < -0.39 is 0 Å². The molecule has 0 unspecified atom stereocenters. The number of aromatic hydroxyl groups is 2. The van der Waals surface area contributed by atoms with Crippen molar-refractivity contribution < 1.29 is 10.2 Å². The average molecular weight is 314 g/mol. The molecule has 17 heavy (non-hydrogen) atoms. The van der Waals surface area contributed by atoms with Crippen LogP contribution in [0.15, 0.2) is 34.1 Å². The van der Waals surface area contributed by atoms with Crippen LogP contribution < -0.4 is 5.32 Å². The molecule has 3 nitrogen and oxygen atoms in total. The Bertz CT molecular complexity index is 513. The number of phenols is 2. The zero-order valence-corrected chi connectivity index (χ0v) is 11.4. The van der Waals surface area contributed by atoms with Gasteiger partial charge in [0.05, 0.1) is 0 Å². The van der Waals surface area contributed by atoms with Crippen LogP contribution in [0.5, 0.6) is 11.5 Å². The lowest BCUT2D eigenvalue weighted by atomic mass is 10.2. The van der Waals surface area contributed by atoms with Gasteiger partial charge in [0.1, 0.15) is 0 Å². The van der Waals surface area contributed by atoms with Crippen LogP contribution in [0.3, 0.4) is 0 Å². The Kier molecular flexibility index (Phi) is 4.04. The van der Waals surface area contributed by atoms with E-state index >= 15 is 0 Å². The number of benzene rings is 1. The summed E-state index contributed by atoms with van der Waals surface area (Å²) in [5.41, 5.74) is 0.695. The third kappa shape index (κ3) is 3.21. The number of hydrogen-bond donors (Lipinski definition) is 3. The Morgan fingerprint density at radius 3 is 2.76 bits per heavy atom. The van der Waals surface area contributed by atoms with Crippen molar-refractivity contribution >= 4 is 27.3 Å². The van der Waals surface area contributed by atoms with Gasteiger partial charge >= 0.3 is 0 Å². The molecule has 0 aliphatic heterocycles. The van der Waals surface area contributed by atoms with Gasteiger partial charge in [-0.05, 0) is 28.1 Å². The molecule has 2 rings (SSSR count). The summed E-state index contributed by atoms with van der Waals surface area (Å²) in [6, 6.07) is 7.02. The summed E-state index contributed by atoms with van der Waals surface area (Å²) in [5.74, 6) is -0.129. The van der Waals surface area contributed by atoms with Crippen molar-refractivity contribution in [2.75, 3.05) is 0 Å². The molecule has 0 fully saturated rings. The molecule has 1 heterocycles. The average Bonchev–Trinajstić information content (AvgIpc) is 2.70. The van der Waals surface area contributed by atoms with Gasteiger partial charge in [0.2, 0.25) is 0 Å². The lowest BCUT2D eigenvalue weighted by Crippen LogP contribution is -2.11. The predicted octanol–water partition coefficient (Wildman–Crippen LogP) is 3.21. The molecule has 0 bridgehead atoms. The molecule has 0 aliphatic rings. The number of para-hydroxylation sites is 1. The van der Waals surface area contributed by atoms with Gasteiger partial charge in [-0.2, -0.15) is 0 Å². The van der Waals surface area contributed by atoms with Crippen molar-refractivity contribution in [1.29, 1.82) is 0 Å². The van der Waals surface area contributed by atoms with Crippen molar-refractivity contribution in [1.82, 2.24) is 5.32 Å². The minimum Gasteiger partial charge on any atom is -0.504 e. The Hall–Kier alpha value is -1.04. The molecule has 1 aromatic carbocycles. The molecular weight excluding hydrogens is 302 g/mol. The molecule has 0 radical (unpaired) electrons. The van der Waals surface area contributed by atoms with E-state index in [9.17, 15) is 10.2 Å². The Labute approximate surface area is 112 Å². The highest BCUT2D eigenvalue weighted by Crippen LogP contribution is 2.28. The van der Waals surface area contributed by atoms with Crippen molar-refractivity contribution in [2.45, 2.75) is 13.1 Å². The summed E-state index contributed by atoms with van der Waals surface area (Å²) >= 11 is 5.07. The van der Waals surface area contributed by atoms with Gasteiger partial charge in [-0.3, -0.25) is 0 Å². The summed E-state index contributed by atoms with van der Waals surface area (Å²) in [7, 11) is 0. The second-order valence-corrected chi connectivity index (χ2v) is 5.53. The summed E-state index contributed by atoms with van der Waals surface area (Å²) in [6.45, 7) is 1.26. The van der Waals surface area contributed by atoms with E-state index in [0.29, 0.717) is 12.1 Å². The van der Waals surface area contributed by atoms with Crippen LogP contribution in [0, 0.1) is 0 Å². The maximum atomic E-state index is 9.60. The largest absolute Gasteiger partial charge is 0.504 e. The van der Waals surface area contributed by atoms with E-state index in [0.717, 1.165) is 11.0 Å². The van der Waals surface area contributed by atoms with Gasteiger partial charge in [0.15, 0.2) is 11.5 Å². The van der Waals surface area contributed by atoms with Gasteiger partial charge in [-0.15, -0.1) is 11.3 Å². The van der Waals surface area contributed by atoms with Gasteiger partial charge < -0.3 is 15.5 Å². The highest BCUT2D eigenvalue weighted by Gasteiger charge is 2.05. The summed E-state index contributed by atoms with van der Waals surface area (Å²) in [5, 5.41) is 24.2. The SMILES string of the molecule is Oc1cccc(CNCc2cc(Br)cs2)c1O. The molecule has 1 aromatic heterocycles. The molecule has 0 saturated heterocycles. The van der Waals surface area contributed by atoms with Gasteiger partial charge in [0.25, 0.3) is 0 Å². The van der Waals surface area contributed by atoms with Crippen LogP contribution in [-0.4, -0.2) is 10.2 Å². The van der Waals surface area contributed by atoms with E-state index in [1.807, 2.05) is 5.38 Å². The standard InChI is InChI=1S/C12H12BrNO2S/c13-9-4-10(17-7-9)6-14-5-8-2-1-3-11(15)12(8)16/h1-4,7,14-16H,5-6H2. The first-order chi connectivity index (χ1) is 8.16. The Morgan fingerprint density at radius 1 is 1.24 bits per heavy atom. The first-order valence-corrected chi connectivity index (χ1v) is 6.77. The summed E-state index contributed by atoms with van der Waals surface area (Å²) < 4.78 is 1.08. The maximum absolute atomic E-state index is 9.60. The van der Waals surface area contributed by atoms with Gasteiger partial charge in [-0.25, -0.2) is 0 Å². The van der Waals surface area contributed by atoms with Crippen LogP contribution in [-0.2, 0) is 13.1 Å². The van der Waals surface area contributed by atoms with E-state index in [1.165, 1.54) is 10.9 Å². The molecule has 0 atom stereocenters. The van der Waals surface area contributed by atoms with Crippen LogP contribution in [0.2, 0.25) is 0 Å². The van der Waals surface area contributed by atoms with Gasteiger partial charge in [-0.1, -0.05) is 12.1 Å². The quantitative estimate of drug-likeness (QED) is 0.760. The third-order valence-corrected chi connectivity index (χ3v) is 4.03. The number of thiophene rings is 1. The van der Waals surface area contributed by atoms with Crippen molar-refractivity contribution in [3.8, 4) is 11.5 Å². The minimum atomic E-state index is -0.0804. The van der Waals surface area contributed by atoms with E-state index in [-0.39, 0.29) is 11.5 Å². The maximum Gasteiger partial charge on any atom is 0.161 e. The number of hydrogen-bond acceptors (Lipinski definition) is 4.